The first-order valence-electron chi connectivity index (χ1n) is 13.2. The lowest BCUT2D eigenvalue weighted by Crippen LogP contribution is -2.45. The molecule has 0 unspecified atom stereocenters. The first-order chi connectivity index (χ1) is 18.6. The first kappa shape index (κ1) is 27.9. The smallest absolute Gasteiger partial charge is 0.332 e. The Morgan fingerprint density at radius 2 is 1.69 bits per heavy atom. The van der Waals surface area contributed by atoms with Crippen LogP contribution in [0.5, 0.6) is 11.5 Å². The second kappa shape index (κ2) is 11.8. The van der Waals surface area contributed by atoms with Gasteiger partial charge in [0.25, 0.3) is 11.5 Å². The maximum Gasteiger partial charge on any atom is 0.332 e. The number of benzene rings is 2. The van der Waals surface area contributed by atoms with Gasteiger partial charge in [-0.2, -0.15) is 0 Å². The van der Waals surface area contributed by atoms with Gasteiger partial charge in [0.15, 0.2) is 11.5 Å². The van der Waals surface area contributed by atoms with Crippen molar-refractivity contribution in [3.05, 3.63) is 68.4 Å². The van der Waals surface area contributed by atoms with Gasteiger partial charge < -0.3 is 19.7 Å². The lowest BCUT2D eigenvalue weighted by Gasteiger charge is -2.31. The summed E-state index contributed by atoms with van der Waals surface area (Å²) in [5.41, 5.74) is 0.345. The third-order valence-electron chi connectivity index (χ3n) is 7.01. The van der Waals surface area contributed by atoms with Crippen molar-refractivity contribution in [3.63, 3.8) is 0 Å². The number of hydrogen-bond donors (Lipinski definition) is 1. The summed E-state index contributed by atoms with van der Waals surface area (Å²) in [4.78, 5) is 54.8. The van der Waals surface area contributed by atoms with Gasteiger partial charge in [0, 0.05) is 30.8 Å². The maximum atomic E-state index is 13.8. The van der Waals surface area contributed by atoms with E-state index in [1.54, 1.807) is 35.2 Å². The van der Waals surface area contributed by atoms with Gasteiger partial charge in [-0.15, -0.1) is 0 Å². The van der Waals surface area contributed by atoms with Gasteiger partial charge in [0.1, 0.15) is 6.54 Å². The Balaban J connectivity index is 1.78. The van der Waals surface area contributed by atoms with Crippen LogP contribution >= 0.6 is 0 Å². The Labute approximate surface area is 227 Å². The van der Waals surface area contributed by atoms with E-state index in [0.717, 1.165) is 17.4 Å². The maximum absolute atomic E-state index is 13.8. The Morgan fingerprint density at radius 1 is 1.03 bits per heavy atom. The number of aromatic nitrogens is 2. The highest BCUT2D eigenvalue weighted by molar-refractivity contribution is 5.94. The quantitative estimate of drug-likeness (QED) is 0.474. The number of nitrogens with one attached hydrogen (secondary N) is 1. The predicted octanol–water partition coefficient (Wildman–Crippen LogP) is 2.63. The fourth-order valence-corrected chi connectivity index (χ4v) is 4.98. The number of carbonyl (C=O) groups excluding carboxylic acids is 2. The van der Waals surface area contributed by atoms with E-state index in [9.17, 15) is 19.2 Å². The molecule has 2 aromatic carbocycles. The Morgan fingerprint density at radius 3 is 2.31 bits per heavy atom. The first-order valence-corrected chi connectivity index (χ1v) is 13.2. The average Bonchev–Trinajstić information content (AvgIpc) is 2.92. The molecule has 2 heterocycles. The highest BCUT2D eigenvalue weighted by Gasteiger charge is 2.24. The molecule has 1 N–H and O–H groups in total. The van der Waals surface area contributed by atoms with Gasteiger partial charge in [0.05, 0.1) is 31.7 Å². The number of piperidine rings is 1. The summed E-state index contributed by atoms with van der Waals surface area (Å²) in [5, 5.41) is 3.07. The van der Waals surface area contributed by atoms with Crippen LogP contribution in [0.25, 0.3) is 10.9 Å². The van der Waals surface area contributed by atoms with Crippen LogP contribution < -0.4 is 26.0 Å². The molecule has 39 heavy (non-hydrogen) atoms. The molecule has 208 valence electrons. The van der Waals surface area contributed by atoms with Crippen LogP contribution in [0.2, 0.25) is 0 Å². The number of methoxy groups -OCH3 is 2. The minimum atomic E-state index is -0.597. The SMILES string of the molecule is COc1cc2c(=O)n(Cc3ccc(C(=O)NC(C)C)cc3)c(=O)n(CC(=O)N3CCC[C@@H](C)C3)c2cc1OC. The number of fused-ring (bicyclic) bond motifs is 1. The Bertz CT molecular complexity index is 1490. The monoisotopic (exact) mass is 536 g/mol. The van der Waals surface area contributed by atoms with E-state index in [-0.39, 0.29) is 36.3 Å². The Kier molecular flexibility index (Phi) is 8.42. The molecule has 1 aliphatic heterocycles. The van der Waals surface area contributed by atoms with E-state index in [0.29, 0.717) is 47.2 Å². The zero-order chi connectivity index (χ0) is 28.3. The molecule has 1 saturated heterocycles. The summed E-state index contributed by atoms with van der Waals surface area (Å²) < 4.78 is 13.3. The van der Waals surface area contributed by atoms with Crippen molar-refractivity contribution in [1.82, 2.24) is 19.4 Å². The van der Waals surface area contributed by atoms with Crippen LogP contribution in [0.15, 0.2) is 46.0 Å². The zero-order valence-corrected chi connectivity index (χ0v) is 23.2. The van der Waals surface area contributed by atoms with Crippen molar-refractivity contribution in [2.75, 3.05) is 27.3 Å². The van der Waals surface area contributed by atoms with Crippen LogP contribution in [-0.4, -0.2) is 59.2 Å². The van der Waals surface area contributed by atoms with Gasteiger partial charge in [-0.25, -0.2) is 4.79 Å². The van der Waals surface area contributed by atoms with Crippen LogP contribution in [0, 0.1) is 5.92 Å². The van der Waals surface area contributed by atoms with E-state index < -0.39 is 11.2 Å². The molecule has 1 fully saturated rings. The Hall–Kier alpha value is -4.08. The highest BCUT2D eigenvalue weighted by Crippen LogP contribution is 2.30. The molecule has 4 rings (SSSR count). The molecular weight excluding hydrogens is 500 g/mol. The summed E-state index contributed by atoms with van der Waals surface area (Å²) in [6, 6.07) is 9.85. The van der Waals surface area contributed by atoms with Crippen molar-refractivity contribution in [1.29, 1.82) is 0 Å². The molecule has 0 saturated carbocycles. The molecule has 1 aliphatic rings. The predicted molar refractivity (Wildman–Crippen MR) is 149 cm³/mol. The van der Waals surface area contributed by atoms with Crippen LogP contribution in [0.4, 0.5) is 0 Å². The van der Waals surface area contributed by atoms with Crippen LogP contribution in [0.1, 0.15) is 49.5 Å². The van der Waals surface area contributed by atoms with Gasteiger partial charge in [-0.3, -0.25) is 23.5 Å². The third-order valence-corrected chi connectivity index (χ3v) is 7.01. The van der Waals surface area contributed by atoms with E-state index in [1.165, 1.54) is 24.9 Å². The van der Waals surface area contributed by atoms with Crippen LogP contribution in [-0.2, 0) is 17.9 Å². The summed E-state index contributed by atoms with van der Waals surface area (Å²) in [7, 11) is 2.94. The summed E-state index contributed by atoms with van der Waals surface area (Å²) in [6.07, 6.45) is 1.98. The largest absolute Gasteiger partial charge is 0.493 e. The number of ether oxygens (including phenoxy) is 2. The lowest BCUT2D eigenvalue weighted by atomic mass is 10.0. The molecule has 10 nitrogen and oxygen atoms in total. The molecule has 0 aliphatic carbocycles. The number of rotatable bonds is 8. The van der Waals surface area contributed by atoms with Gasteiger partial charge in [-0.1, -0.05) is 19.1 Å². The molecule has 1 aromatic heterocycles. The van der Waals surface area contributed by atoms with Crippen molar-refractivity contribution < 1.29 is 19.1 Å². The molecule has 2 amide bonds. The summed E-state index contributed by atoms with van der Waals surface area (Å²) >= 11 is 0. The fourth-order valence-electron chi connectivity index (χ4n) is 4.98. The second-order valence-electron chi connectivity index (χ2n) is 10.4. The van der Waals surface area contributed by atoms with E-state index in [2.05, 4.69) is 12.2 Å². The molecule has 10 heteroatoms. The fraction of sp³-hybridized carbons (Fsp3) is 0.448. The van der Waals surface area contributed by atoms with E-state index >= 15 is 0 Å². The molecule has 1 atom stereocenters. The highest BCUT2D eigenvalue weighted by atomic mass is 16.5. The molecule has 0 spiro atoms. The second-order valence-corrected chi connectivity index (χ2v) is 10.4. The standard InChI is InChI=1S/C29H36N4O6/c1-18(2)30-27(35)21-10-8-20(9-11-21)16-33-28(36)22-13-24(38-4)25(39-5)14-23(22)32(29(33)37)17-26(34)31-12-6-7-19(3)15-31/h8-11,13-14,18-19H,6-7,12,15-17H2,1-5H3,(H,30,35)/t19-/m1/s1. The van der Waals surface area contributed by atoms with Crippen molar-refractivity contribution >= 4 is 22.7 Å². The lowest BCUT2D eigenvalue weighted by molar-refractivity contribution is -0.133. The average molecular weight is 537 g/mol. The van der Waals surface area contributed by atoms with Crippen molar-refractivity contribution in [3.8, 4) is 11.5 Å². The molecule has 0 bridgehead atoms. The van der Waals surface area contributed by atoms with Gasteiger partial charge in [0.2, 0.25) is 5.91 Å². The topological polar surface area (TPSA) is 112 Å². The number of carbonyl (C=O) groups is 2. The number of likely N-dealkylation sites (tertiary alicyclic amines) is 1. The number of hydrogen-bond acceptors (Lipinski definition) is 6. The van der Waals surface area contributed by atoms with E-state index in [1.807, 2.05) is 13.8 Å². The minimum Gasteiger partial charge on any atom is -0.493 e. The summed E-state index contributed by atoms with van der Waals surface area (Å²) in [5.74, 6) is 0.707. The zero-order valence-electron chi connectivity index (χ0n) is 23.2. The van der Waals surface area contributed by atoms with Crippen molar-refractivity contribution in [2.24, 2.45) is 5.92 Å². The van der Waals surface area contributed by atoms with E-state index in [4.69, 9.17) is 9.47 Å². The normalized spacial score (nSPS) is 15.4. The number of nitrogens with zero attached hydrogens (tertiary/aromatic N) is 3. The van der Waals surface area contributed by atoms with Gasteiger partial charge in [-0.05, 0) is 56.4 Å². The summed E-state index contributed by atoms with van der Waals surface area (Å²) in [6.45, 7) is 6.92. The van der Waals surface area contributed by atoms with Crippen LogP contribution in [0.3, 0.4) is 0 Å². The van der Waals surface area contributed by atoms with Crippen molar-refractivity contribution in [2.45, 2.75) is 52.7 Å². The molecule has 0 radical (unpaired) electrons. The molecule has 3 aromatic rings. The van der Waals surface area contributed by atoms with Gasteiger partial charge >= 0.3 is 5.69 Å². The molecular formula is C29H36N4O6. The minimum absolute atomic E-state index is 0.00158. The number of amides is 2. The third kappa shape index (κ3) is 6.00.